The third-order valence-corrected chi connectivity index (χ3v) is 2.92. The van der Waals surface area contributed by atoms with E-state index in [9.17, 15) is 0 Å². The maximum atomic E-state index is 6.25. The molecule has 0 aliphatic carbocycles. The van der Waals surface area contributed by atoms with Crippen LogP contribution in [0.1, 0.15) is 52.6 Å². The van der Waals surface area contributed by atoms with Crippen LogP contribution in [0.4, 0.5) is 0 Å². The minimum Gasteiger partial charge on any atom is -0.491 e. The van der Waals surface area contributed by atoms with Crippen molar-refractivity contribution in [2.45, 2.75) is 59.3 Å². The summed E-state index contributed by atoms with van der Waals surface area (Å²) in [6.07, 6.45) is 0.973. The van der Waals surface area contributed by atoms with E-state index in [-0.39, 0.29) is 18.2 Å². The molecule has 4 heteroatoms. The fourth-order valence-electron chi connectivity index (χ4n) is 1.76. The summed E-state index contributed by atoms with van der Waals surface area (Å²) in [6, 6.07) is 3.61. The van der Waals surface area contributed by atoms with Crippen molar-refractivity contribution < 1.29 is 9.47 Å². The minimum atomic E-state index is -0.0839. The Morgan fingerprint density at radius 1 is 1.05 bits per heavy atom. The predicted octanol–water partition coefficient (Wildman–Crippen LogP) is 4.32. The van der Waals surface area contributed by atoms with Crippen molar-refractivity contribution in [3.63, 3.8) is 0 Å². The van der Waals surface area contributed by atoms with E-state index >= 15 is 0 Å². The van der Waals surface area contributed by atoms with Crippen molar-refractivity contribution in [2.24, 2.45) is 5.73 Å². The first-order valence-corrected chi connectivity index (χ1v) is 7.15. The van der Waals surface area contributed by atoms with E-state index in [0.29, 0.717) is 10.8 Å². The van der Waals surface area contributed by atoms with Crippen LogP contribution in [0.25, 0.3) is 0 Å². The number of rotatable bonds is 6. The lowest BCUT2D eigenvalue weighted by Crippen LogP contribution is -2.15. The smallest absolute Gasteiger partial charge is 0.141 e. The lowest BCUT2D eigenvalue weighted by molar-refractivity contribution is 0.226. The Morgan fingerprint density at radius 3 is 2.05 bits per heavy atom. The fourth-order valence-corrected chi connectivity index (χ4v) is 1.98. The molecule has 1 unspecified atom stereocenters. The molecule has 3 nitrogen and oxygen atoms in total. The van der Waals surface area contributed by atoms with Gasteiger partial charge >= 0.3 is 0 Å². The standard InChI is InChI=1S/C15H24ClNO2/c1-6-13(17)11-7-12(16)15(19-10(4)5)8-14(11)18-9(2)3/h7-10,13H,6,17H2,1-5H3. The molecular formula is C15H24ClNO2. The average Bonchev–Trinajstić information content (AvgIpc) is 2.30. The van der Waals surface area contributed by atoms with Crippen LogP contribution in [0.15, 0.2) is 12.1 Å². The van der Waals surface area contributed by atoms with Crippen LogP contribution in [-0.4, -0.2) is 12.2 Å². The average molecular weight is 286 g/mol. The van der Waals surface area contributed by atoms with Gasteiger partial charge in [-0.1, -0.05) is 18.5 Å². The van der Waals surface area contributed by atoms with Crippen LogP contribution >= 0.6 is 11.6 Å². The van der Waals surface area contributed by atoms with Crippen LogP contribution in [-0.2, 0) is 0 Å². The van der Waals surface area contributed by atoms with Gasteiger partial charge in [0.2, 0.25) is 0 Å². The highest BCUT2D eigenvalue weighted by molar-refractivity contribution is 6.32. The van der Waals surface area contributed by atoms with E-state index in [0.717, 1.165) is 17.7 Å². The number of hydrogen-bond donors (Lipinski definition) is 1. The van der Waals surface area contributed by atoms with E-state index in [2.05, 4.69) is 0 Å². The van der Waals surface area contributed by atoms with E-state index in [1.807, 2.05) is 46.8 Å². The molecule has 0 fully saturated rings. The lowest BCUT2D eigenvalue weighted by Gasteiger charge is -2.21. The van der Waals surface area contributed by atoms with Crippen molar-refractivity contribution >= 4 is 11.6 Å². The molecule has 0 saturated heterocycles. The van der Waals surface area contributed by atoms with Gasteiger partial charge in [0.25, 0.3) is 0 Å². The molecule has 19 heavy (non-hydrogen) atoms. The third kappa shape index (κ3) is 4.59. The van der Waals surface area contributed by atoms with Gasteiger partial charge in [-0.15, -0.1) is 0 Å². The van der Waals surface area contributed by atoms with Gasteiger partial charge in [0.1, 0.15) is 11.5 Å². The van der Waals surface area contributed by atoms with Gasteiger partial charge in [-0.3, -0.25) is 0 Å². The number of benzene rings is 1. The second-order valence-corrected chi connectivity index (χ2v) is 5.58. The highest BCUT2D eigenvalue weighted by Crippen LogP contribution is 2.37. The maximum Gasteiger partial charge on any atom is 0.141 e. The van der Waals surface area contributed by atoms with Crippen molar-refractivity contribution in [1.82, 2.24) is 0 Å². The molecule has 0 aromatic heterocycles. The lowest BCUT2D eigenvalue weighted by atomic mass is 10.0. The molecule has 1 aromatic carbocycles. The Bertz CT molecular complexity index is 419. The Hall–Kier alpha value is -0.930. The van der Waals surface area contributed by atoms with E-state index in [1.165, 1.54) is 0 Å². The first kappa shape index (κ1) is 16.1. The summed E-state index contributed by atoms with van der Waals surface area (Å²) in [5.41, 5.74) is 7.04. The highest BCUT2D eigenvalue weighted by atomic mass is 35.5. The Morgan fingerprint density at radius 2 is 1.58 bits per heavy atom. The molecule has 0 aliphatic heterocycles. The zero-order valence-electron chi connectivity index (χ0n) is 12.4. The van der Waals surface area contributed by atoms with Gasteiger partial charge < -0.3 is 15.2 Å². The summed E-state index contributed by atoms with van der Waals surface area (Å²) >= 11 is 6.25. The molecule has 1 aromatic rings. The molecule has 0 amide bonds. The number of nitrogens with two attached hydrogens (primary N) is 1. The van der Waals surface area contributed by atoms with Gasteiger partial charge in [-0.2, -0.15) is 0 Å². The van der Waals surface area contributed by atoms with Crippen LogP contribution in [0.2, 0.25) is 5.02 Å². The zero-order chi connectivity index (χ0) is 14.6. The summed E-state index contributed by atoms with van der Waals surface area (Å²) in [7, 11) is 0. The molecule has 1 atom stereocenters. The molecule has 2 N–H and O–H groups in total. The topological polar surface area (TPSA) is 44.5 Å². The monoisotopic (exact) mass is 285 g/mol. The van der Waals surface area contributed by atoms with Crippen LogP contribution in [0, 0.1) is 0 Å². The molecule has 0 spiro atoms. The highest BCUT2D eigenvalue weighted by Gasteiger charge is 2.17. The van der Waals surface area contributed by atoms with Crippen molar-refractivity contribution in [2.75, 3.05) is 0 Å². The number of halogens is 1. The SMILES string of the molecule is CCC(N)c1cc(Cl)c(OC(C)C)cc1OC(C)C. The van der Waals surface area contributed by atoms with Gasteiger partial charge in [0.05, 0.1) is 17.2 Å². The summed E-state index contributed by atoms with van der Waals surface area (Å²) in [6.45, 7) is 9.93. The first-order chi connectivity index (χ1) is 8.85. The Kier molecular flexibility index (Phi) is 5.95. The molecule has 0 saturated carbocycles. The van der Waals surface area contributed by atoms with Crippen LogP contribution in [0.5, 0.6) is 11.5 Å². The molecule has 0 aliphatic rings. The van der Waals surface area contributed by atoms with Crippen LogP contribution < -0.4 is 15.2 Å². The van der Waals surface area contributed by atoms with Crippen molar-refractivity contribution in [3.8, 4) is 11.5 Å². The predicted molar refractivity (Wildman–Crippen MR) is 80.2 cm³/mol. The Balaban J connectivity index is 3.20. The van der Waals surface area contributed by atoms with Gasteiger partial charge in [0.15, 0.2) is 0 Å². The second kappa shape index (κ2) is 7.01. The summed E-state index contributed by atoms with van der Waals surface area (Å²) in [4.78, 5) is 0. The summed E-state index contributed by atoms with van der Waals surface area (Å²) < 4.78 is 11.5. The second-order valence-electron chi connectivity index (χ2n) is 5.17. The molecule has 0 radical (unpaired) electrons. The van der Waals surface area contributed by atoms with Crippen molar-refractivity contribution in [1.29, 1.82) is 0 Å². The van der Waals surface area contributed by atoms with Crippen LogP contribution in [0.3, 0.4) is 0 Å². The van der Waals surface area contributed by atoms with E-state index in [1.54, 1.807) is 0 Å². The summed E-state index contributed by atoms with van der Waals surface area (Å²) in [5.74, 6) is 1.39. The fraction of sp³-hybridized carbons (Fsp3) is 0.600. The van der Waals surface area contributed by atoms with Gasteiger partial charge in [-0.25, -0.2) is 0 Å². The van der Waals surface area contributed by atoms with Gasteiger partial charge in [-0.05, 0) is 40.2 Å². The van der Waals surface area contributed by atoms with Gasteiger partial charge in [0, 0.05) is 17.7 Å². The molecule has 1 rings (SSSR count). The number of ether oxygens (including phenoxy) is 2. The quantitative estimate of drug-likeness (QED) is 0.846. The normalized spacial score (nSPS) is 12.9. The number of hydrogen-bond acceptors (Lipinski definition) is 3. The molecule has 0 heterocycles. The minimum absolute atomic E-state index is 0.0649. The zero-order valence-corrected chi connectivity index (χ0v) is 13.1. The molecule has 0 bridgehead atoms. The largest absolute Gasteiger partial charge is 0.491 e. The molecule has 108 valence electrons. The maximum absolute atomic E-state index is 6.25. The van der Waals surface area contributed by atoms with E-state index in [4.69, 9.17) is 26.8 Å². The van der Waals surface area contributed by atoms with Crippen molar-refractivity contribution in [3.05, 3.63) is 22.7 Å². The Labute approximate surface area is 121 Å². The first-order valence-electron chi connectivity index (χ1n) is 6.77. The molecular weight excluding hydrogens is 262 g/mol. The van der Waals surface area contributed by atoms with E-state index < -0.39 is 0 Å². The summed E-state index contributed by atoms with van der Waals surface area (Å²) in [5, 5.41) is 0.573. The third-order valence-electron chi connectivity index (χ3n) is 2.63.